The van der Waals surface area contributed by atoms with Crippen molar-refractivity contribution in [3.05, 3.63) is 33.8 Å². The second kappa shape index (κ2) is 6.17. The van der Waals surface area contributed by atoms with Crippen LogP contribution in [-0.4, -0.2) is 18.7 Å². The van der Waals surface area contributed by atoms with Crippen molar-refractivity contribution < 1.29 is 5.11 Å². The maximum absolute atomic E-state index is 9.16. The highest BCUT2D eigenvalue weighted by molar-refractivity contribution is 9.10. The van der Waals surface area contributed by atoms with E-state index >= 15 is 0 Å². The predicted octanol–water partition coefficient (Wildman–Crippen LogP) is 2.09. The summed E-state index contributed by atoms with van der Waals surface area (Å²) in [4.78, 5) is 0. The van der Waals surface area contributed by atoms with Gasteiger partial charge in [0, 0.05) is 4.47 Å². The Balaban J connectivity index is 2.65. The van der Waals surface area contributed by atoms with Crippen LogP contribution in [0.15, 0.2) is 22.7 Å². The summed E-state index contributed by atoms with van der Waals surface area (Å²) in [6.45, 7) is 1.13. The molecule has 1 aromatic rings. The fraction of sp³-hybridized carbons (Fsp3) is 0.455. The molecule has 2 N–H and O–H groups in total. The molecular formula is C11H16BrNO. The van der Waals surface area contributed by atoms with Gasteiger partial charge in [-0.3, -0.25) is 0 Å². The van der Waals surface area contributed by atoms with Crippen molar-refractivity contribution in [3.63, 3.8) is 0 Å². The molecule has 1 aromatic carbocycles. The van der Waals surface area contributed by atoms with Crippen LogP contribution in [-0.2, 0) is 13.0 Å². The van der Waals surface area contributed by atoms with E-state index in [0.29, 0.717) is 0 Å². The average Bonchev–Trinajstić information content (AvgIpc) is 2.20. The van der Waals surface area contributed by atoms with Gasteiger partial charge in [-0.05, 0) is 49.7 Å². The van der Waals surface area contributed by atoms with Crippen molar-refractivity contribution in [3.8, 4) is 0 Å². The minimum atomic E-state index is 0.119. The smallest absolute Gasteiger partial charge is 0.0684 e. The summed E-state index contributed by atoms with van der Waals surface area (Å²) in [5, 5.41) is 12.3. The molecule has 0 heterocycles. The van der Waals surface area contributed by atoms with E-state index in [1.54, 1.807) is 0 Å². The van der Waals surface area contributed by atoms with Crippen molar-refractivity contribution in [2.75, 3.05) is 13.6 Å². The molecule has 3 heteroatoms. The number of rotatable bonds is 5. The number of halogens is 1. The molecule has 0 amide bonds. The third kappa shape index (κ3) is 3.40. The van der Waals surface area contributed by atoms with Crippen LogP contribution < -0.4 is 5.32 Å². The molecule has 14 heavy (non-hydrogen) atoms. The standard InChI is InChI=1S/C11H16BrNO/c1-13-6-2-3-9-4-5-11(12)7-10(9)8-14/h4-5,7,13-14H,2-3,6,8H2,1H3. The van der Waals surface area contributed by atoms with Crippen molar-refractivity contribution >= 4 is 15.9 Å². The van der Waals surface area contributed by atoms with E-state index in [4.69, 9.17) is 5.11 Å². The molecular weight excluding hydrogens is 242 g/mol. The fourth-order valence-corrected chi connectivity index (χ4v) is 1.85. The van der Waals surface area contributed by atoms with Crippen molar-refractivity contribution in [2.45, 2.75) is 19.4 Å². The van der Waals surface area contributed by atoms with Gasteiger partial charge in [0.25, 0.3) is 0 Å². The summed E-state index contributed by atoms with van der Waals surface area (Å²) in [5.41, 5.74) is 2.27. The van der Waals surface area contributed by atoms with E-state index in [1.165, 1.54) is 5.56 Å². The second-order valence-corrected chi connectivity index (χ2v) is 4.19. The molecule has 0 bridgehead atoms. The van der Waals surface area contributed by atoms with Crippen LogP contribution in [0.25, 0.3) is 0 Å². The lowest BCUT2D eigenvalue weighted by Crippen LogP contribution is -2.09. The Kier molecular flexibility index (Phi) is 5.15. The maximum Gasteiger partial charge on any atom is 0.0684 e. The van der Waals surface area contributed by atoms with Crippen LogP contribution in [0.2, 0.25) is 0 Å². The molecule has 78 valence electrons. The molecule has 0 saturated heterocycles. The van der Waals surface area contributed by atoms with Crippen molar-refractivity contribution in [2.24, 2.45) is 0 Å². The number of benzene rings is 1. The maximum atomic E-state index is 9.16. The SMILES string of the molecule is CNCCCc1ccc(Br)cc1CO. The van der Waals surface area contributed by atoms with Gasteiger partial charge in [-0.2, -0.15) is 0 Å². The molecule has 0 saturated carbocycles. The fourth-order valence-electron chi connectivity index (χ4n) is 1.44. The first-order chi connectivity index (χ1) is 6.77. The Morgan fingerprint density at radius 2 is 2.14 bits per heavy atom. The van der Waals surface area contributed by atoms with Gasteiger partial charge in [-0.25, -0.2) is 0 Å². The zero-order valence-corrected chi connectivity index (χ0v) is 9.97. The van der Waals surface area contributed by atoms with Crippen LogP contribution in [0.1, 0.15) is 17.5 Å². The van der Waals surface area contributed by atoms with Crippen molar-refractivity contribution in [1.29, 1.82) is 0 Å². The summed E-state index contributed by atoms with van der Waals surface area (Å²) in [6, 6.07) is 6.08. The highest BCUT2D eigenvalue weighted by Crippen LogP contribution is 2.17. The molecule has 0 aliphatic carbocycles. The molecule has 0 aliphatic rings. The van der Waals surface area contributed by atoms with E-state index < -0.39 is 0 Å². The Bertz CT molecular complexity index is 289. The van der Waals surface area contributed by atoms with Gasteiger partial charge < -0.3 is 10.4 Å². The largest absolute Gasteiger partial charge is 0.392 e. The molecule has 0 atom stereocenters. The Morgan fingerprint density at radius 3 is 2.79 bits per heavy atom. The zero-order valence-electron chi connectivity index (χ0n) is 8.39. The highest BCUT2D eigenvalue weighted by atomic mass is 79.9. The highest BCUT2D eigenvalue weighted by Gasteiger charge is 2.01. The van der Waals surface area contributed by atoms with Gasteiger partial charge >= 0.3 is 0 Å². The van der Waals surface area contributed by atoms with Gasteiger partial charge in [-0.1, -0.05) is 22.0 Å². The Morgan fingerprint density at radius 1 is 1.36 bits per heavy atom. The molecule has 0 fully saturated rings. The number of aryl methyl sites for hydroxylation is 1. The summed E-state index contributed by atoms with van der Waals surface area (Å²) < 4.78 is 1.03. The normalized spacial score (nSPS) is 10.5. The number of hydrogen-bond acceptors (Lipinski definition) is 2. The molecule has 0 aromatic heterocycles. The summed E-state index contributed by atoms with van der Waals surface area (Å²) in [5.74, 6) is 0. The summed E-state index contributed by atoms with van der Waals surface area (Å²) in [6.07, 6.45) is 2.12. The Hall–Kier alpha value is -0.380. The van der Waals surface area contributed by atoms with E-state index in [0.717, 1.165) is 29.4 Å². The van der Waals surface area contributed by atoms with Gasteiger partial charge in [-0.15, -0.1) is 0 Å². The van der Waals surface area contributed by atoms with Crippen LogP contribution in [0.4, 0.5) is 0 Å². The van der Waals surface area contributed by atoms with Crippen LogP contribution in [0.3, 0.4) is 0 Å². The lowest BCUT2D eigenvalue weighted by Gasteiger charge is -2.07. The van der Waals surface area contributed by atoms with E-state index in [1.807, 2.05) is 19.2 Å². The average molecular weight is 258 g/mol. The summed E-state index contributed by atoms with van der Waals surface area (Å²) >= 11 is 3.40. The first-order valence-corrected chi connectivity index (χ1v) is 5.60. The molecule has 0 radical (unpaired) electrons. The first-order valence-electron chi connectivity index (χ1n) is 4.80. The van der Waals surface area contributed by atoms with Crippen LogP contribution >= 0.6 is 15.9 Å². The third-order valence-corrected chi connectivity index (χ3v) is 2.70. The zero-order chi connectivity index (χ0) is 10.4. The molecule has 0 aliphatic heterocycles. The molecule has 0 spiro atoms. The number of aliphatic hydroxyl groups excluding tert-OH is 1. The van der Waals surface area contributed by atoms with E-state index in [9.17, 15) is 0 Å². The molecule has 1 rings (SSSR count). The number of nitrogens with one attached hydrogen (secondary N) is 1. The predicted molar refractivity (Wildman–Crippen MR) is 62.3 cm³/mol. The Labute approximate surface area is 93.5 Å². The monoisotopic (exact) mass is 257 g/mol. The third-order valence-electron chi connectivity index (χ3n) is 2.21. The minimum Gasteiger partial charge on any atom is -0.392 e. The van der Waals surface area contributed by atoms with Gasteiger partial charge in [0.15, 0.2) is 0 Å². The summed E-state index contributed by atoms with van der Waals surface area (Å²) in [7, 11) is 1.95. The topological polar surface area (TPSA) is 32.3 Å². The number of hydrogen-bond donors (Lipinski definition) is 2. The van der Waals surface area contributed by atoms with E-state index in [-0.39, 0.29) is 6.61 Å². The second-order valence-electron chi connectivity index (χ2n) is 3.28. The van der Waals surface area contributed by atoms with Crippen molar-refractivity contribution in [1.82, 2.24) is 5.32 Å². The quantitative estimate of drug-likeness (QED) is 0.793. The molecule has 2 nitrogen and oxygen atoms in total. The lowest BCUT2D eigenvalue weighted by atomic mass is 10.0. The van der Waals surface area contributed by atoms with Gasteiger partial charge in [0.1, 0.15) is 0 Å². The number of aliphatic hydroxyl groups is 1. The first kappa shape index (κ1) is 11.7. The minimum absolute atomic E-state index is 0.119. The molecule has 0 unspecified atom stereocenters. The van der Waals surface area contributed by atoms with Gasteiger partial charge in [0.2, 0.25) is 0 Å². The van der Waals surface area contributed by atoms with Crippen LogP contribution in [0, 0.1) is 0 Å². The van der Waals surface area contributed by atoms with E-state index in [2.05, 4.69) is 27.3 Å². The lowest BCUT2D eigenvalue weighted by molar-refractivity contribution is 0.280. The van der Waals surface area contributed by atoms with Gasteiger partial charge in [0.05, 0.1) is 6.61 Å². The van der Waals surface area contributed by atoms with Crippen LogP contribution in [0.5, 0.6) is 0 Å².